The van der Waals surface area contributed by atoms with Crippen molar-refractivity contribution in [1.29, 1.82) is 0 Å². The Kier molecular flexibility index (Phi) is 3.86. The molecule has 118 valence electrons. The minimum Gasteiger partial charge on any atom is -0.507 e. The minimum absolute atomic E-state index is 0.00839. The number of hydrogen-bond acceptors (Lipinski definition) is 2. The van der Waals surface area contributed by atoms with E-state index in [0.717, 1.165) is 0 Å². The first-order valence-electron chi connectivity index (χ1n) is 7.21. The highest BCUT2D eigenvalue weighted by Crippen LogP contribution is 2.33. The third kappa shape index (κ3) is 2.82. The molecule has 0 saturated heterocycles. The van der Waals surface area contributed by atoms with Crippen LogP contribution in [-0.2, 0) is 11.3 Å². The number of nitrogens with zero attached hydrogens (tertiary/aromatic N) is 1. The topological polar surface area (TPSA) is 40.5 Å². The number of anilines is 1. The molecule has 0 aromatic heterocycles. The van der Waals surface area contributed by atoms with E-state index >= 15 is 0 Å². The van der Waals surface area contributed by atoms with Gasteiger partial charge >= 0.3 is 0 Å². The summed E-state index contributed by atoms with van der Waals surface area (Å²) in [5.41, 5.74) is 1.38. The predicted molar refractivity (Wildman–Crippen MR) is 83.9 cm³/mol. The van der Waals surface area contributed by atoms with Crippen LogP contribution in [-0.4, -0.2) is 11.0 Å². The van der Waals surface area contributed by atoms with Crippen LogP contribution in [0.4, 0.5) is 14.5 Å². The number of halogens is 2. The van der Waals surface area contributed by atoms with Gasteiger partial charge in [-0.2, -0.15) is 0 Å². The van der Waals surface area contributed by atoms with Gasteiger partial charge in [0, 0.05) is 6.42 Å². The number of hydrogen-bond donors (Lipinski definition) is 1. The number of carbonyl (C=O) groups excluding carboxylic acids is 1. The molecule has 1 aliphatic rings. The van der Waals surface area contributed by atoms with Crippen LogP contribution in [0.3, 0.4) is 0 Å². The molecule has 23 heavy (non-hydrogen) atoms. The van der Waals surface area contributed by atoms with Gasteiger partial charge in [-0.15, -0.1) is 0 Å². The van der Waals surface area contributed by atoms with Gasteiger partial charge in [-0.3, -0.25) is 4.79 Å². The first-order valence-corrected chi connectivity index (χ1v) is 7.21. The number of carbonyl (C=O) groups is 1. The van der Waals surface area contributed by atoms with Crippen molar-refractivity contribution < 1.29 is 18.7 Å². The molecule has 3 nitrogen and oxygen atoms in total. The fourth-order valence-electron chi connectivity index (χ4n) is 2.61. The Morgan fingerprint density at radius 2 is 1.96 bits per heavy atom. The lowest BCUT2D eigenvalue weighted by Crippen LogP contribution is -2.30. The Morgan fingerprint density at radius 1 is 1.17 bits per heavy atom. The molecule has 1 N–H and O–H groups in total. The molecular formula is C18H15F2NO2. The zero-order valence-corrected chi connectivity index (χ0v) is 12.5. The molecule has 0 aliphatic carbocycles. The number of aliphatic hydroxyl groups is 1. The molecule has 0 atom stereocenters. The van der Waals surface area contributed by atoms with Crippen molar-refractivity contribution in [2.24, 2.45) is 0 Å². The Balaban J connectivity index is 2.05. The van der Waals surface area contributed by atoms with Crippen LogP contribution in [0, 0.1) is 18.6 Å². The quantitative estimate of drug-likeness (QED) is 0.906. The highest BCUT2D eigenvalue weighted by atomic mass is 19.1. The van der Waals surface area contributed by atoms with Gasteiger partial charge in [0.15, 0.2) is 0 Å². The highest BCUT2D eigenvalue weighted by Gasteiger charge is 2.25. The summed E-state index contributed by atoms with van der Waals surface area (Å²) in [5, 5.41) is 9.99. The van der Waals surface area contributed by atoms with Crippen molar-refractivity contribution in [1.82, 2.24) is 0 Å². The number of amides is 1. The third-order valence-electron chi connectivity index (χ3n) is 3.89. The lowest BCUT2D eigenvalue weighted by Gasteiger charge is -2.23. The molecule has 2 aromatic rings. The number of aryl methyl sites for hydroxylation is 1. The minimum atomic E-state index is -0.606. The first-order chi connectivity index (χ1) is 11.0. The molecule has 1 aliphatic heterocycles. The van der Waals surface area contributed by atoms with Crippen molar-refractivity contribution in [3.05, 3.63) is 70.8 Å². The van der Waals surface area contributed by atoms with Gasteiger partial charge < -0.3 is 10.0 Å². The first kappa shape index (κ1) is 15.2. The van der Waals surface area contributed by atoms with Crippen LogP contribution < -0.4 is 4.90 Å². The van der Waals surface area contributed by atoms with Gasteiger partial charge in [-0.1, -0.05) is 18.2 Å². The molecule has 0 bridgehead atoms. The Bertz CT molecular complexity index is 815. The molecule has 0 fully saturated rings. The lowest BCUT2D eigenvalue weighted by molar-refractivity contribution is -0.117. The monoisotopic (exact) mass is 315 g/mol. The molecule has 1 amide bonds. The van der Waals surface area contributed by atoms with Gasteiger partial charge in [0.1, 0.15) is 17.4 Å². The fourth-order valence-corrected chi connectivity index (χ4v) is 2.61. The summed E-state index contributed by atoms with van der Waals surface area (Å²) in [5.74, 6) is -1.51. The molecule has 0 radical (unpaired) electrons. The number of rotatable bonds is 2. The van der Waals surface area contributed by atoms with Crippen LogP contribution in [0.1, 0.15) is 23.1 Å². The van der Waals surface area contributed by atoms with Crippen molar-refractivity contribution in [2.45, 2.75) is 19.9 Å². The van der Waals surface area contributed by atoms with Gasteiger partial charge in [-0.05, 0) is 42.3 Å². The van der Waals surface area contributed by atoms with Gasteiger partial charge in [0.05, 0.1) is 17.8 Å². The molecular weight excluding hydrogens is 300 g/mol. The van der Waals surface area contributed by atoms with Crippen LogP contribution >= 0.6 is 0 Å². The number of fused-ring (bicyclic) bond motifs is 1. The predicted octanol–water partition coefficient (Wildman–Crippen LogP) is 4.11. The molecule has 0 saturated carbocycles. The van der Waals surface area contributed by atoms with E-state index in [1.54, 1.807) is 25.1 Å². The van der Waals surface area contributed by atoms with Crippen molar-refractivity contribution in [3.8, 4) is 0 Å². The molecule has 0 unspecified atom stereocenters. The summed E-state index contributed by atoms with van der Waals surface area (Å²) in [7, 11) is 0. The average molecular weight is 315 g/mol. The average Bonchev–Trinajstić information content (AvgIpc) is 2.63. The molecule has 2 aromatic carbocycles. The van der Waals surface area contributed by atoms with Crippen LogP contribution in [0.15, 0.2) is 42.5 Å². The lowest BCUT2D eigenvalue weighted by atomic mass is 10.1. The van der Waals surface area contributed by atoms with E-state index < -0.39 is 5.82 Å². The third-order valence-corrected chi connectivity index (χ3v) is 3.89. The molecule has 3 rings (SSSR count). The normalized spacial score (nSPS) is 14.3. The molecule has 1 heterocycles. The largest absolute Gasteiger partial charge is 0.507 e. The van der Waals surface area contributed by atoms with Crippen LogP contribution in [0.5, 0.6) is 0 Å². The Labute approximate surface area is 132 Å². The second-order valence-corrected chi connectivity index (χ2v) is 5.49. The van der Waals surface area contributed by atoms with Crippen molar-refractivity contribution in [2.75, 3.05) is 4.90 Å². The summed E-state index contributed by atoms with van der Waals surface area (Å²) >= 11 is 0. The summed E-state index contributed by atoms with van der Waals surface area (Å²) in [4.78, 5) is 13.7. The Morgan fingerprint density at radius 3 is 2.70 bits per heavy atom. The van der Waals surface area contributed by atoms with Gasteiger partial charge in [0.25, 0.3) is 0 Å². The zero-order chi connectivity index (χ0) is 16.6. The van der Waals surface area contributed by atoms with E-state index in [4.69, 9.17) is 0 Å². The van der Waals surface area contributed by atoms with E-state index in [1.165, 1.54) is 29.2 Å². The van der Waals surface area contributed by atoms with E-state index in [2.05, 4.69) is 0 Å². The van der Waals surface area contributed by atoms with Crippen LogP contribution in [0.2, 0.25) is 0 Å². The highest BCUT2D eigenvalue weighted by molar-refractivity contribution is 5.99. The summed E-state index contributed by atoms with van der Waals surface area (Å²) < 4.78 is 27.8. The van der Waals surface area contributed by atoms with E-state index in [1.807, 2.05) is 0 Å². The van der Waals surface area contributed by atoms with Crippen molar-refractivity contribution >= 4 is 17.4 Å². The smallest absolute Gasteiger partial charge is 0.231 e. The second-order valence-electron chi connectivity index (χ2n) is 5.49. The fraction of sp³-hybridized carbons (Fsp3) is 0.167. The summed E-state index contributed by atoms with van der Waals surface area (Å²) in [6, 6.07) is 8.99. The van der Waals surface area contributed by atoms with Gasteiger partial charge in [0.2, 0.25) is 5.91 Å². The maximum absolute atomic E-state index is 14.1. The number of aliphatic hydroxyl groups excluding tert-OH is 1. The molecule has 5 heteroatoms. The van der Waals surface area contributed by atoms with E-state index in [-0.39, 0.29) is 41.7 Å². The maximum atomic E-state index is 14.1. The van der Waals surface area contributed by atoms with E-state index in [9.17, 15) is 18.7 Å². The number of benzene rings is 2. The van der Waals surface area contributed by atoms with Gasteiger partial charge in [-0.25, -0.2) is 8.78 Å². The second kappa shape index (κ2) is 5.83. The van der Waals surface area contributed by atoms with Crippen LogP contribution in [0.25, 0.3) is 5.76 Å². The standard InChI is InChI=1S/C18H15F2NO2/c1-11-5-6-12(9-14(11)20)10-21-15-4-2-3-13(19)18(15)16(22)7-8-17(21)23/h2-7,9,22H,8,10H2,1H3. The zero-order valence-electron chi connectivity index (χ0n) is 12.5. The summed E-state index contributed by atoms with van der Waals surface area (Å²) in [6.45, 7) is 1.76. The van der Waals surface area contributed by atoms with Crippen molar-refractivity contribution in [3.63, 3.8) is 0 Å². The molecule has 0 spiro atoms. The SMILES string of the molecule is Cc1ccc(CN2C(=O)CC=C(O)c3c(F)cccc32)cc1F. The van der Waals surface area contributed by atoms with E-state index in [0.29, 0.717) is 11.1 Å². The maximum Gasteiger partial charge on any atom is 0.231 e. The Hall–Kier alpha value is -2.69. The summed E-state index contributed by atoms with van der Waals surface area (Å²) in [6.07, 6.45) is 1.24.